The largest absolute Gasteiger partial charge is 0.481 e. The number of amides is 4. The monoisotopic (exact) mass is 536 g/mol. The van der Waals surface area contributed by atoms with E-state index in [4.69, 9.17) is 22.3 Å². The first kappa shape index (κ1) is 32.0. The van der Waals surface area contributed by atoms with Gasteiger partial charge in [0.05, 0.1) is 12.5 Å². The lowest BCUT2D eigenvalue weighted by atomic mass is 10.0. The highest BCUT2D eigenvalue weighted by Gasteiger charge is 2.31. The van der Waals surface area contributed by atoms with Crippen LogP contribution in [0.3, 0.4) is 0 Å². The summed E-state index contributed by atoms with van der Waals surface area (Å²) in [7, 11) is 0. The molecule has 14 nitrogen and oxygen atoms in total. The van der Waals surface area contributed by atoms with E-state index in [2.05, 4.69) is 16.0 Å². The molecule has 0 aliphatic carbocycles. The predicted molar refractivity (Wildman–Crippen MR) is 135 cm³/mol. The van der Waals surface area contributed by atoms with Crippen molar-refractivity contribution >= 4 is 35.6 Å². The Hall–Kier alpha value is -4.04. The van der Waals surface area contributed by atoms with Gasteiger partial charge in [-0.25, -0.2) is 4.79 Å². The van der Waals surface area contributed by atoms with E-state index in [1.54, 1.807) is 30.3 Å². The van der Waals surface area contributed by atoms with Crippen LogP contribution in [0.5, 0.6) is 0 Å². The van der Waals surface area contributed by atoms with Crippen LogP contribution in [-0.2, 0) is 35.2 Å². The third kappa shape index (κ3) is 12.3. The fourth-order valence-electron chi connectivity index (χ4n) is 3.45. The van der Waals surface area contributed by atoms with Crippen LogP contribution in [0.1, 0.15) is 44.1 Å². The van der Waals surface area contributed by atoms with E-state index in [9.17, 15) is 33.9 Å². The van der Waals surface area contributed by atoms with Crippen LogP contribution >= 0.6 is 0 Å². The normalized spacial score (nSPS) is 13.8. The highest BCUT2D eigenvalue weighted by atomic mass is 16.4. The number of unbranched alkanes of at least 4 members (excludes halogenated alkanes) is 1. The molecule has 38 heavy (non-hydrogen) atoms. The maximum atomic E-state index is 13.2. The second-order valence-electron chi connectivity index (χ2n) is 8.71. The quantitative estimate of drug-likeness (QED) is 0.0953. The summed E-state index contributed by atoms with van der Waals surface area (Å²) < 4.78 is 0. The molecule has 0 spiro atoms. The fraction of sp³-hybridized carbons (Fsp3) is 0.500. The lowest BCUT2D eigenvalue weighted by molar-refractivity contribution is -0.147. The molecule has 0 aromatic heterocycles. The van der Waals surface area contributed by atoms with E-state index in [1.807, 2.05) is 0 Å². The van der Waals surface area contributed by atoms with E-state index in [1.165, 1.54) is 0 Å². The molecule has 4 unspecified atom stereocenters. The Kier molecular flexibility index (Phi) is 14.0. The number of nitrogens with two attached hydrogens (primary N) is 3. The van der Waals surface area contributed by atoms with E-state index in [-0.39, 0.29) is 19.3 Å². The van der Waals surface area contributed by atoms with Crippen LogP contribution in [0.4, 0.5) is 0 Å². The third-order valence-corrected chi connectivity index (χ3v) is 5.53. The number of primary amides is 1. The first-order valence-electron chi connectivity index (χ1n) is 12.1. The summed E-state index contributed by atoms with van der Waals surface area (Å²) in [6, 6.07) is 3.15. The number of carboxylic acid groups (broad SMARTS) is 2. The predicted octanol–water partition coefficient (Wildman–Crippen LogP) is -2.04. The minimum absolute atomic E-state index is 0.0765. The van der Waals surface area contributed by atoms with Gasteiger partial charge in [-0.1, -0.05) is 36.8 Å². The van der Waals surface area contributed by atoms with Crippen LogP contribution in [-0.4, -0.2) is 76.5 Å². The highest BCUT2D eigenvalue weighted by molar-refractivity contribution is 5.95. The molecule has 1 aromatic carbocycles. The Morgan fingerprint density at radius 1 is 0.789 bits per heavy atom. The number of benzene rings is 1. The first-order valence-corrected chi connectivity index (χ1v) is 12.1. The Bertz CT molecular complexity index is 974. The number of aliphatic carboxylic acids is 2. The maximum absolute atomic E-state index is 13.2. The zero-order valence-corrected chi connectivity index (χ0v) is 20.9. The Balaban J connectivity index is 3.11. The number of hydrogen-bond donors (Lipinski definition) is 8. The van der Waals surface area contributed by atoms with Crippen molar-refractivity contribution in [3.8, 4) is 0 Å². The van der Waals surface area contributed by atoms with Crippen molar-refractivity contribution in [1.82, 2.24) is 16.0 Å². The SMILES string of the molecule is NCCCCC(N)C(=O)NC(CCC(N)=O)C(=O)NC(Cc1ccccc1)C(=O)NC(CC(=O)O)C(=O)O. The fourth-order valence-corrected chi connectivity index (χ4v) is 3.45. The zero-order valence-electron chi connectivity index (χ0n) is 20.9. The number of carboxylic acids is 2. The van der Waals surface area contributed by atoms with Gasteiger partial charge in [-0.3, -0.25) is 24.0 Å². The van der Waals surface area contributed by atoms with Crippen molar-refractivity contribution in [3.63, 3.8) is 0 Å². The molecule has 14 heteroatoms. The van der Waals surface area contributed by atoms with E-state index >= 15 is 0 Å². The van der Waals surface area contributed by atoms with Gasteiger partial charge in [-0.15, -0.1) is 0 Å². The second kappa shape index (κ2) is 16.7. The smallest absolute Gasteiger partial charge is 0.326 e. The van der Waals surface area contributed by atoms with Crippen molar-refractivity contribution < 1.29 is 39.0 Å². The molecule has 0 saturated carbocycles. The molecule has 0 saturated heterocycles. The minimum atomic E-state index is -1.74. The van der Waals surface area contributed by atoms with Crippen LogP contribution in [0.15, 0.2) is 30.3 Å². The number of hydrogen-bond acceptors (Lipinski definition) is 8. The number of nitrogens with one attached hydrogen (secondary N) is 3. The maximum Gasteiger partial charge on any atom is 0.326 e. The third-order valence-electron chi connectivity index (χ3n) is 5.53. The summed E-state index contributed by atoms with van der Waals surface area (Å²) in [6.45, 7) is 0.429. The van der Waals surface area contributed by atoms with Gasteiger partial charge in [0, 0.05) is 12.8 Å². The number of rotatable bonds is 18. The molecule has 0 aliphatic rings. The molecule has 0 aliphatic heterocycles. The van der Waals surface area contributed by atoms with Crippen LogP contribution in [0.25, 0.3) is 0 Å². The summed E-state index contributed by atoms with van der Waals surface area (Å²) in [5.41, 5.74) is 17.1. The Morgan fingerprint density at radius 3 is 1.92 bits per heavy atom. The van der Waals surface area contributed by atoms with Gasteiger partial charge >= 0.3 is 11.9 Å². The molecule has 1 aromatic rings. The van der Waals surface area contributed by atoms with Crippen LogP contribution in [0.2, 0.25) is 0 Å². The molecular weight excluding hydrogens is 500 g/mol. The molecule has 11 N–H and O–H groups in total. The van der Waals surface area contributed by atoms with E-state index in [0.29, 0.717) is 31.4 Å². The second-order valence-corrected chi connectivity index (χ2v) is 8.71. The lowest BCUT2D eigenvalue weighted by Crippen LogP contribution is -2.57. The van der Waals surface area contributed by atoms with Crippen LogP contribution < -0.4 is 33.2 Å². The molecule has 1 rings (SSSR count). The van der Waals surface area contributed by atoms with Gasteiger partial charge in [-0.05, 0) is 31.4 Å². The molecule has 0 heterocycles. The van der Waals surface area contributed by atoms with Crippen molar-refractivity contribution in [1.29, 1.82) is 0 Å². The van der Waals surface area contributed by atoms with Gasteiger partial charge < -0.3 is 43.4 Å². The zero-order chi connectivity index (χ0) is 28.7. The summed E-state index contributed by atoms with van der Waals surface area (Å²) in [5.74, 6) is -6.17. The molecule has 4 amide bonds. The van der Waals surface area contributed by atoms with Gasteiger partial charge in [0.15, 0.2) is 0 Å². The van der Waals surface area contributed by atoms with E-state index < -0.39 is 66.2 Å². The summed E-state index contributed by atoms with van der Waals surface area (Å²) in [6.07, 6.45) is 0.159. The Labute approximate surface area is 219 Å². The topological polar surface area (TPSA) is 257 Å². The van der Waals surface area contributed by atoms with Crippen molar-refractivity contribution in [2.45, 2.75) is 69.1 Å². The molecular formula is C24H36N6O8. The van der Waals surface area contributed by atoms with Gasteiger partial charge in [0.1, 0.15) is 18.1 Å². The van der Waals surface area contributed by atoms with Crippen molar-refractivity contribution in [3.05, 3.63) is 35.9 Å². The van der Waals surface area contributed by atoms with Crippen molar-refractivity contribution in [2.24, 2.45) is 17.2 Å². The average molecular weight is 537 g/mol. The summed E-state index contributed by atoms with van der Waals surface area (Å²) in [4.78, 5) is 72.5. The number of carbonyl (C=O) groups is 6. The molecule has 210 valence electrons. The van der Waals surface area contributed by atoms with Gasteiger partial charge in [0.25, 0.3) is 0 Å². The van der Waals surface area contributed by atoms with Crippen molar-refractivity contribution in [2.75, 3.05) is 6.54 Å². The standard InChI is InChI=1S/C24H36N6O8/c25-11-5-4-8-15(26)21(34)28-16(9-10-19(27)31)22(35)29-17(12-14-6-2-1-3-7-14)23(36)30-18(24(37)38)13-20(32)33/h1-3,6-7,15-18H,4-5,8-13,25-26H2,(H2,27,31)(H,28,34)(H,29,35)(H,30,36)(H,32,33)(H,37,38). The first-order chi connectivity index (χ1) is 17.9. The van der Waals surface area contributed by atoms with E-state index in [0.717, 1.165) is 0 Å². The average Bonchev–Trinajstić information content (AvgIpc) is 2.85. The Morgan fingerprint density at radius 2 is 1.37 bits per heavy atom. The summed E-state index contributed by atoms with van der Waals surface area (Å²) >= 11 is 0. The van der Waals surface area contributed by atoms with Gasteiger partial charge in [-0.2, -0.15) is 0 Å². The minimum Gasteiger partial charge on any atom is -0.481 e. The van der Waals surface area contributed by atoms with Gasteiger partial charge in [0.2, 0.25) is 23.6 Å². The number of carbonyl (C=O) groups excluding carboxylic acids is 4. The molecule has 0 fully saturated rings. The van der Waals surface area contributed by atoms with Crippen LogP contribution in [0, 0.1) is 0 Å². The highest BCUT2D eigenvalue weighted by Crippen LogP contribution is 2.07. The lowest BCUT2D eigenvalue weighted by Gasteiger charge is -2.25. The summed E-state index contributed by atoms with van der Waals surface area (Å²) in [5, 5.41) is 25.3. The molecule has 0 bridgehead atoms. The molecule has 0 radical (unpaired) electrons. The molecule has 4 atom stereocenters.